The summed E-state index contributed by atoms with van der Waals surface area (Å²) in [5.41, 5.74) is 14.0. The van der Waals surface area contributed by atoms with E-state index in [-0.39, 0.29) is 6.54 Å². The minimum absolute atomic E-state index is 0.137. The number of amides is 1. The fourth-order valence-electron chi connectivity index (χ4n) is 4.51. The van der Waals surface area contributed by atoms with E-state index in [1.165, 1.54) is 0 Å². The number of piperidine rings is 1. The molecule has 0 saturated carbocycles. The van der Waals surface area contributed by atoms with Crippen LogP contribution in [0.25, 0.3) is 0 Å². The first-order valence-corrected chi connectivity index (χ1v) is 11.8. The molecule has 1 fully saturated rings. The molecule has 1 saturated heterocycles. The maximum atomic E-state index is 11.9. The highest BCUT2D eigenvalue weighted by Gasteiger charge is 2.22. The number of hydrogen-bond acceptors (Lipinski definition) is 7. The van der Waals surface area contributed by atoms with Crippen molar-refractivity contribution in [2.45, 2.75) is 52.1 Å². The largest absolute Gasteiger partial charge is 0.493 e. The Labute approximate surface area is 200 Å². The lowest BCUT2D eigenvalue weighted by molar-refractivity contribution is 0.0998. The van der Waals surface area contributed by atoms with Crippen molar-refractivity contribution < 1.29 is 14.6 Å². The van der Waals surface area contributed by atoms with Gasteiger partial charge in [-0.15, -0.1) is 0 Å². The summed E-state index contributed by atoms with van der Waals surface area (Å²) < 4.78 is 6.12. The van der Waals surface area contributed by atoms with Crippen molar-refractivity contribution in [1.82, 2.24) is 9.97 Å². The van der Waals surface area contributed by atoms with E-state index in [1.807, 2.05) is 19.9 Å². The van der Waals surface area contributed by atoms with Crippen LogP contribution in [0.15, 0.2) is 18.5 Å². The molecule has 1 amide bonds. The maximum absolute atomic E-state index is 11.9. The molecule has 180 valence electrons. The summed E-state index contributed by atoms with van der Waals surface area (Å²) in [5, 5.41) is 10.6. The number of halogens is 1. The Morgan fingerprint density at radius 2 is 1.97 bits per heavy atom. The standard InChI is InChI=1S/C24H34ClN5O3/c1-15-10-21(20(11-19(31)12-26)16(2)22(15)23(27)32)33-9-3-4-17-5-7-30(8-6-17)24-28-13-18(25)14-29-24/h10,13-14,17,19,31H,3-9,11-12,26H2,1-2H3,(H2,27,32)/t19-/m1/s1. The number of benzene rings is 1. The van der Waals surface area contributed by atoms with Gasteiger partial charge in [0, 0.05) is 37.2 Å². The fourth-order valence-corrected chi connectivity index (χ4v) is 4.61. The van der Waals surface area contributed by atoms with Gasteiger partial charge in [-0.3, -0.25) is 4.79 Å². The first-order chi connectivity index (χ1) is 15.8. The van der Waals surface area contributed by atoms with Crippen LogP contribution < -0.4 is 21.1 Å². The van der Waals surface area contributed by atoms with Crippen molar-refractivity contribution >= 4 is 23.5 Å². The Morgan fingerprint density at radius 3 is 2.58 bits per heavy atom. The minimum Gasteiger partial charge on any atom is -0.493 e. The van der Waals surface area contributed by atoms with Crippen molar-refractivity contribution in [3.63, 3.8) is 0 Å². The molecule has 0 bridgehead atoms. The molecule has 33 heavy (non-hydrogen) atoms. The van der Waals surface area contributed by atoms with Gasteiger partial charge in [-0.05, 0) is 62.6 Å². The number of carbonyl (C=O) groups is 1. The lowest BCUT2D eigenvalue weighted by Crippen LogP contribution is -2.34. The number of aliphatic hydroxyl groups is 1. The van der Waals surface area contributed by atoms with Crippen LogP contribution >= 0.6 is 11.6 Å². The molecule has 5 N–H and O–H groups in total. The van der Waals surface area contributed by atoms with E-state index in [1.54, 1.807) is 12.4 Å². The van der Waals surface area contributed by atoms with Crippen molar-refractivity contribution in [2.75, 3.05) is 31.1 Å². The van der Waals surface area contributed by atoms with E-state index < -0.39 is 12.0 Å². The minimum atomic E-state index is -0.704. The second-order valence-electron chi connectivity index (χ2n) is 8.75. The molecule has 1 atom stereocenters. The molecule has 8 nitrogen and oxygen atoms in total. The third-order valence-electron chi connectivity index (χ3n) is 6.34. The monoisotopic (exact) mass is 475 g/mol. The normalized spacial score (nSPS) is 15.5. The molecule has 1 aromatic carbocycles. The zero-order valence-corrected chi connectivity index (χ0v) is 20.1. The molecule has 1 aromatic heterocycles. The number of carbonyl (C=O) groups excluding carboxylic acids is 1. The van der Waals surface area contributed by atoms with Gasteiger partial charge >= 0.3 is 0 Å². The summed E-state index contributed by atoms with van der Waals surface area (Å²) >= 11 is 5.88. The molecule has 1 aliphatic heterocycles. The molecule has 2 aromatic rings. The third kappa shape index (κ3) is 6.56. The zero-order valence-electron chi connectivity index (χ0n) is 19.4. The second-order valence-corrected chi connectivity index (χ2v) is 9.19. The van der Waals surface area contributed by atoms with Gasteiger partial charge in [0.1, 0.15) is 5.75 Å². The molecule has 0 unspecified atom stereocenters. The van der Waals surface area contributed by atoms with Crippen molar-refractivity contribution in [1.29, 1.82) is 0 Å². The average Bonchev–Trinajstić information content (AvgIpc) is 2.79. The number of nitrogens with two attached hydrogens (primary N) is 2. The molecule has 1 aliphatic rings. The highest BCUT2D eigenvalue weighted by molar-refractivity contribution is 6.30. The van der Waals surface area contributed by atoms with E-state index in [0.29, 0.717) is 35.3 Å². The van der Waals surface area contributed by atoms with E-state index in [9.17, 15) is 9.90 Å². The number of ether oxygens (including phenoxy) is 1. The number of aromatic nitrogens is 2. The number of hydrogen-bond donors (Lipinski definition) is 3. The van der Waals surface area contributed by atoms with Gasteiger partial charge in [-0.25, -0.2) is 9.97 Å². The molecule has 0 aliphatic carbocycles. The zero-order chi connectivity index (χ0) is 24.0. The van der Waals surface area contributed by atoms with Crippen LogP contribution in [0.5, 0.6) is 5.75 Å². The number of nitrogens with zero attached hydrogens (tertiary/aromatic N) is 3. The van der Waals surface area contributed by atoms with Gasteiger partial charge in [0.2, 0.25) is 11.9 Å². The summed E-state index contributed by atoms with van der Waals surface area (Å²) in [7, 11) is 0. The lowest BCUT2D eigenvalue weighted by Gasteiger charge is -2.32. The Balaban J connectivity index is 1.54. The Kier molecular flexibility index (Phi) is 8.88. The lowest BCUT2D eigenvalue weighted by atomic mass is 9.92. The quantitative estimate of drug-likeness (QED) is 0.451. The number of aryl methyl sites for hydroxylation is 1. The first kappa shape index (κ1) is 25.2. The fraction of sp³-hybridized carbons (Fsp3) is 0.542. The van der Waals surface area contributed by atoms with Crippen LogP contribution in [0.2, 0.25) is 5.02 Å². The van der Waals surface area contributed by atoms with E-state index >= 15 is 0 Å². The Hall–Kier alpha value is -2.42. The van der Waals surface area contributed by atoms with E-state index in [2.05, 4.69) is 14.9 Å². The Bertz CT molecular complexity index is 946. The van der Waals surface area contributed by atoms with E-state index in [4.69, 9.17) is 27.8 Å². The van der Waals surface area contributed by atoms with Crippen molar-refractivity contribution in [2.24, 2.45) is 17.4 Å². The molecule has 3 rings (SSSR count). The van der Waals surface area contributed by atoms with Gasteiger partial charge in [0.25, 0.3) is 0 Å². The van der Waals surface area contributed by atoms with Crippen LogP contribution in [0.1, 0.15) is 52.7 Å². The number of primary amides is 1. The molecular weight excluding hydrogens is 442 g/mol. The topological polar surface area (TPSA) is 128 Å². The summed E-state index contributed by atoms with van der Waals surface area (Å²) in [6.45, 7) is 6.26. The highest BCUT2D eigenvalue weighted by atomic mass is 35.5. The summed E-state index contributed by atoms with van der Waals surface area (Å²) in [5.74, 6) is 1.59. The van der Waals surface area contributed by atoms with Crippen molar-refractivity contribution in [3.05, 3.63) is 45.7 Å². The third-order valence-corrected chi connectivity index (χ3v) is 6.54. The molecular formula is C24H34ClN5O3. The van der Waals surface area contributed by atoms with Crippen molar-refractivity contribution in [3.8, 4) is 5.75 Å². The molecule has 0 spiro atoms. The summed E-state index contributed by atoms with van der Waals surface area (Å²) in [6.07, 6.45) is 7.06. The number of anilines is 1. The number of aliphatic hydroxyl groups excluding tert-OH is 1. The number of rotatable bonds is 10. The van der Waals surface area contributed by atoms with Crippen LogP contribution in [-0.2, 0) is 6.42 Å². The summed E-state index contributed by atoms with van der Waals surface area (Å²) in [6, 6.07) is 1.84. The predicted molar refractivity (Wildman–Crippen MR) is 130 cm³/mol. The predicted octanol–water partition coefficient (Wildman–Crippen LogP) is 2.78. The van der Waals surface area contributed by atoms with Crippen LogP contribution in [0.3, 0.4) is 0 Å². The van der Waals surface area contributed by atoms with Gasteiger partial charge < -0.3 is 26.2 Å². The van der Waals surface area contributed by atoms with Gasteiger partial charge in [-0.1, -0.05) is 11.6 Å². The smallest absolute Gasteiger partial charge is 0.249 e. The van der Waals surface area contributed by atoms with E-state index in [0.717, 1.165) is 61.4 Å². The van der Waals surface area contributed by atoms with Gasteiger partial charge in [0.15, 0.2) is 0 Å². The second kappa shape index (κ2) is 11.6. The van der Waals surface area contributed by atoms with Crippen LogP contribution in [0, 0.1) is 19.8 Å². The van der Waals surface area contributed by atoms with Crippen LogP contribution in [-0.4, -0.2) is 53.3 Å². The average molecular weight is 476 g/mol. The molecule has 2 heterocycles. The maximum Gasteiger partial charge on any atom is 0.249 e. The SMILES string of the molecule is Cc1cc(OCCCC2CCN(c3ncc(Cl)cn3)CC2)c(C[C@@H](O)CN)c(C)c1C(N)=O. The molecule has 9 heteroatoms. The summed E-state index contributed by atoms with van der Waals surface area (Å²) in [4.78, 5) is 22.7. The van der Waals surface area contributed by atoms with Crippen LogP contribution in [0.4, 0.5) is 5.95 Å². The Morgan fingerprint density at radius 1 is 1.30 bits per heavy atom. The van der Waals surface area contributed by atoms with Gasteiger partial charge in [-0.2, -0.15) is 0 Å². The first-order valence-electron chi connectivity index (χ1n) is 11.5. The highest BCUT2D eigenvalue weighted by Crippen LogP contribution is 2.30. The van der Waals surface area contributed by atoms with Gasteiger partial charge in [0.05, 0.1) is 30.1 Å². The molecule has 0 radical (unpaired) electrons.